The molecule has 0 fully saturated rings. The van der Waals surface area contributed by atoms with Gasteiger partial charge in [0.15, 0.2) is 0 Å². The van der Waals surface area contributed by atoms with Crippen molar-refractivity contribution in [3.05, 3.63) is 238 Å². The van der Waals surface area contributed by atoms with Crippen molar-refractivity contribution in [2.24, 2.45) is 11.8 Å². The molecule has 0 N–H and O–H groups in total. The van der Waals surface area contributed by atoms with E-state index < -0.39 is 5.41 Å². The van der Waals surface area contributed by atoms with Crippen LogP contribution in [0.4, 0.5) is 0 Å². The minimum atomic E-state index is -0.419. The molecule has 0 saturated carbocycles. The Morgan fingerprint density at radius 3 is 2.30 bits per heavy atom. The van der Waals surface area contributed by atoms with Gasteiger partial charge >= 0.3 is 0 Å². The third kappa shape index (κ3) is 3.54. The summed E-state index contributed by atoms with van der Waals surface area (Å²) >= 11 is 1.96. The molecule has 1 heteroatoms. The van der Waals surface area contributed by atoms with Crippen molar-refractivity contribution in [2.45, 2.75) is 5.41 Å². The van der Waals surface area contributed by atoms with Crippen LogP contribution in [0.3, 0.4) is 0 Å². The number of rotatable bonds is 2. The molecule has 0 bridgehead atoms. The van der Waals surface area contributed by atoms with Crippen LogP contribution in [0.15, 0.2) is 204 Å². The minimum Gasteiger partial charge on any atom is -0.135 e. The van der Waals surface area contributed by atoms with Gasteiger partial charge in [0, 0.05) is 21.4 Å². The molecule has 3 atom stereocenters. The van der Waals surface area contributed by atoms with Gasteiger partial charge in [-0.1, -0.05) is 170 Å². The molecule has 0 nitrogen and oxygen atoms in total. The SMILES string of the molecule is C1=CC2=CC(c3ccccc3)=C3C=CC=C4C=C(c5ccc6c(c5)C5(c7ccccc7-c7sc8ccccc8c75)c5ccc7ccccc7c5-6)C(=C1)C2C43. The maximum absolute atomic E-state index is 2.59. The summed E-state index contributed by atoms with van der Waals surface area (Å²) < 4.78 is 1.36. The van der Waals surface area contributed by atoms with Crippen LogP contribution in [0.25, 0.3) is 53.6 Å². The van der Waals surface area contributed by atoms with Crippen LogP contribution < -0.4 is 0 Å². The predicted octanol–water partition coefficient (Wildman–Crippen LogP) is 13.4. The summed E-state index contributed by atoms with van der Waals surface area (Å²) in [5, 5.41) is 3.99. The van der Waals surface area contributed by atoms with Gasteiger partial charge in [-0.2, -0.15) is 0 Å². The van der Waals surface area contributed by atoms with Crippen molar-refractivity contribution < 1.29 is 0 Å². The van der Waals surface area contributed by atoms with E-state index in [2.05, 4.69) is 182 Å². The standard InChI is InChI=1S/C53H32S/c1-2-12-31(13-3-1)42-28-34-15-11-21-38-43(29-35-16-10-20-37(42)48(35)49(34)38)33-24-26-39-46(30-33)53(45-27-25-32-14-4-5-17-36(32)50(39)45)44-22-8-6-18-40(44)52-51(53)41-19-7-9-23-47(41)54-52/h1-30,48-49H. The maximum atomic E-state index is 2.59. The molecule has 250 valence electrons. The van der Waals surface area contributed by atoms with E-state index in [-0.39, 0.29) is 5.92 Å². The van der Waals surface area contributed by atoms with Gasteiger partial charge in [0.1, 0.15) is 0 Å². The van der Waals surface area contributed by atoms with Crippen LogP contribution in [0.5, 0.6) is 0 Å². The summed E-state index contributed by atoms with van der Waals surface area (Å²) in [5.41, 5.74) is 20.3. The molecule has 0 aliphatic heterocycles. The average molecular weight is 701 g/mol. The first-order valence-electron chi connectivity index (χ1n) is 19.1. The molecule has 6 aliphatic carbocycles. The first-order chi connectivity index (χ1) is 26.8. The van der Waals surface area contributed by atoms with E-state index in [1.807, 2.05) is 11.3 Å². The third-order valence-electron chi connectivity index (χ3n) is 13.1. The normalized spacial score (nSPS) is 22.0. The molecule has 54 heavy (non-hydrogen) atoms. The molecular formula is C53H32S. The van der Waals surface area contributed by atoms with E-state index in [1.54, 1.807) is 0 Å². The van der Waals surface area contributed by atoms with E-state index in [4.69, 9.17) is 0 Å². The molecule has 7 aromatic rings. The number of hydrogen-bond donors (Lipinski definition) is 0. The van der Waals surface area contributed by atoms with Gasteiger partial charge in [0.2, 0.25) is 0 Å². The lowest BCUT2D eigenvalue weighted by Gasteiger charge is -2.43. The summed E-state index contributed by atoms with van der Waals surface area (Å²) in [6, 6.07) is 50.5. The molecule has 0 saturated heterocycles. The first kappa shape index (κ1) is 29.2. The van der Waals surface area contributed by atoms with Gasteiger partial charge in [0.25, 0.3) is 0 Å². The quantitative estimate of drug-likeness (QED) is 0.168. The average Bonchev–Trinajstić information content (AvgIpc) is 3.86. The van der Waals surface area contributed by atoms with Crippen molar-refractivity contribution in [3.8, 4) is 21.6 Å². The smallest absolute Gasteiger partial charge is 0.0740 e. The summed E-state index contributed by atoms with van der Waals surface area (Å²) in [6.45, 7) is 0. The Bertz CT molecular complexity index is 3090. The van der Waals surface area contributed by atoms with Crippen LogP contribution in [0, 0.1) is 11.8 Å². The van der Waals surface area contributed by atoms with Crippen molar-refractivity contribution in [3.63, 3.8) is 0 Å². The second-order valence-corrected chi connectivity index (χ2v) is 16.5. The molecule has 1 aromatic heterocycles. The van der Waals surface area contributed by atoms with E-state index in [0.29, 0.717) is 5.92 Å². The Kier molecular flexibility index (Phi) is 5.65. The lowest BCUT2D eigenvalue weighted by Crippen LogP contribution is -2.31. The topological polar surface area (TPSA) is 0 Å². The molecule has 13 rings (SSSR count). The Morgan fingerprint density at radius 1 is 0.537 bits per heavy atom. The van der Waals surface area contributed by atoms with Gasteiger partial charge in [-0.15, -0.1) is 11.3 Å². The van der Waals surface area contributed by atoms with E-state index in [9.17, 15) is 0 Å². The highest BCUT2D eigenvalue weighted by Crippen LogP contribution is 2.67. The van der Waals surface area contributed by atoms with Gasteiger partial charge in [0.05, 0.1) is 5.41 Å². The van der Waals surface area contributed by atoms with Crippen LogP contribution in [-0.2, 0) is 5.41 Å². The fraction of sp³-hybridized carbons (Fsp3) is 0.0566. The van der Waals surface area contributed by atoms with Crippen LogP contribution in [-0.4, -0.2) is 0 Å². The molecular weight excluding hydrogens is 669 g/mol. The van der Waals surface area contributed by atoms with Crippen LogP contribution in [0.1, 0.15) is 33.4 Å². The van der Waals surface area contributed by atoms with E-state index in [0.717, 1.165) is 0 Å². The molecule has 6 aliphatic rings. The third-order valence-corrected chi connectivity index (χ3v) is 14.3. The largest absolute Gasteiger partial charge is 0.135 e. The van der Waals surface area contributed by atoms with Gasteiger partial charge in [-0.3, -0.25) is 0 Å². The Labute approximate surface area is 318 Å². The molecule has 0 amide bonds. The Hall–Kier alpha value is -6.28. The molecule has 6 aromatic carbocycles. The first-order valence-corrected chi connectivity index (χ1v) is 19.9. The number of benzene rings is 6. The van der Waals surface area contributed by atoms with Crippen LogP contribution in [0.2, 0.25) is 0 Å². The monoisotopic (exact) mass is 700 g/mol. The molecule has 1 spiro atoms. The fourth-order valence-electron chi connectivity index (χ4n) is 11.0. The summed E-state index contributed by atoms with van der Waals surface area (Å²) in [7, 11) is 0. The number of allylic oxidation sites excluding steroid dienone is 14. The lowest BCUT2D eigenvalue weighted by molar-refractivity contribution is 0.571. The van der Waals surface area contributed by atoms with Crippen LogP contribution >= 0.6 is 11.3 Å². The lowest BCUT2D eigenvalue weighted by atomic mass is 9.60. The maximum Gasteiger partial charge on any atom is 0.0740 e. The highest BCUT2D eigenvalue weighted by Gasteiger charge is 2.54. The summed E-state index contributed by atoms with van der Waals surface area (Å²) in [4.78, 5) is 1.41. The highest BCUT2D eigenvalue weighted by molar-refractivity contribution is 7.22. The second kappa shape index (κ2) is 10.4. The number of fused-ring (bicyclic) bond motifs is 14. The van der Waals surface area contributed by atoms with Crippen molar-refractivity contribution in [1.29, 1.82) is 0 Å². The van der Waals surface area contributed by atoms with Crippen molar-refractivity contribution in [1.82, 2.24) is 0 Å². The van der Waals surface area contributed by atoms with E-state index >= 15 is 0 Å². The number of hydrogen-bond acceptors (Lipinski definition) is 1. The molecule has 1 heterocycles. The van der Waals surface area contributed by atoms with Gasteiger partial charge in [-0.25, -0.2) is 0 Å². The van der Waals surface area contributed by atoms with Crippen molar-refractivity contribution >= 4 is 43.3 Å². The van der Waals surface area contributed by atoms with Crippen molar-refractivity contribution in [2.75, 3.05) is 0 Å². The number of thiophene rings is 1. The Balaban J connectivity index is 1.09. The predicted molar refractivity (Wildman–Crippen MR) is 226 cm³/mol. The fourth-order valence-corrected chi connectivity index (χ4v) is 12.3. The molecule has 3 unspecified atom stereocenters. The zero-order chi connectivity index (χ0) is 35.1. The Morgan fingerprint density at radius 2 is 1.35 bits per heavy atom. The van der Waals surface area contributed by atoms with Gasteiger partial charge < -0.3 is 0 Å². The minimum absolute atomic E-state index is 0.289. The second-order valence-electron chi connectivity index (χ2n) is 15.5. The zero-order valence-corrected chi connectivity index (χ0v) is 30.2. The highest BCUT2D eigenvalue weighted by atomic mass is 32.1. The summed E-state index contributed by atoms with van der Waals surface area (Å²) in [5.74, 6) is 0.597. The summed E-state index contributed by atoms with van der Waals surface area (Å²) in [6.07, 6.45) is 19.0. The van der Waals surface area contributed by atoms with E-state index in [1.165, 1.54) is 109 Å². The zero-order valence-electron chi connectivity index (χ0n) is 29.4. The molecule has 0 radical (unpaired) electrons. The van der Waals surface area contributed by atoms with Gasteiger partial charge in [-0.05, 0) is 112 Å².